The van der Waals surface area contributed by atoms with Crippen molar-refractivity contribution >= 4 is 30.7 Å². The van der Waals surface area contributed by atoms with Gasteiger partial charge in [0.25, 0.3) is 0 Å². The zero-order chi connectivity index (χ0) is 25.1. The molecule has 190 valence electrons. The molecule has 0 radical (unpaired) electrons. The quantitative estimate of drug-likeness (QED) is 0.204. The molecule has 0 aliphatic carbocycles. The van der Waals surface area contributed by atoms with E-state index in [9.17, 15) is 14.2 Å². The van der Waals surface area contributed by atoms with Crippen molar-refractivity contribution in [3.8, 4) is 5.75 Å². The van der Waals surface area contributed by atoms with Crippen LogP contribution in [0.3, 0.4) is 0 Å². The summed E-state index contributed by atoms with van der Waals surface area (Å²) in [5.41, 5.74) is 1.88. The van der Waals surface area contributed by atoms with Gasteiger partial charge >= 0.3 is 19.8 Å². The van der Waals surface area contributed by atoms with E-state index in [1.807, 2.05) is 38.5 Å². The first kappa shape index (κ1) is 27.8. The maximum absolute atomic E-state index is 13.1. The van der Waals surface area contributed by atoms with E-state index in [4.69, 9.17) is 27.8 Å². The molecule has 0 N–H and O–H groups in total. The lowest BCUT2D eigenvalue weighted by atomic mass is 10.1. The van der Waals surface area contributed by atoms with Gasteiger partial charge in [-0.15, -0.1) is 0 Å². The van der Waals surface area contributed by atoms with Crippen molar-refractivity contribution in [3.05, 3.63) is 30.0 Å². The Morgan fingerprint density at radius 1 is 1.00 bits per heavy atom. The number of carbonyl (C=O) groups is 2. The number of phosphoric acid groups is 1. The average molecular weight is 500 g/mol. The predicted octanol–water partition coefficient (Wildman–Crippen LogP) is 3.69. The molecule has 1 aromatic heterocycles. The molecule has 2 rings (SSSR count). The van der Waals surface area contributed by atoms with E-state index in [0.29, 0.717) is 5.75 Å². The van der Waals surface area contributed by atoms with Crippen molar-refractivity contribution in [1.82, 2.24) is 9.47 Å². The van der Waals surface area contributed by atoms with Crippen LogP contribution in [0, 0.1) is 0 Å². The van der Waals surface area contributed by atoms with E-state index in [1.165, 1.54) is 0 Å². The fourth-order valence-electron chi connectivity index (χ4n) is 2.89. The van der Waals surface area contributed by atoms with Gasteiger partial charge in [-0.3, -0.25) is 14.1 Å². The summed E-state index contributed by atoms with van der Waals surface area (Å²) in [5.74, 6) is -0.371. The molecule has 1 aromatic carbocycles. The molecule has 34 heavy (non-hydrogen) atoms. The Kier molecular flexibility index (Phi) is 11.0. The Balaban J connectivity index is 2.20. The first-order valence-electron chi connectivity index (χ1n) is 10.9. The first-order valence-corrected chi connectivity index (χ1v) is 12.3. The van der Waals surface area contributed by atoms with Crippen molar-refractivity contribution in [2.75, 3.05) is 41.3 Å². The molecule has 0 saturated carbocycles. The van der Waals surface area contributed by atoms with Crippen LogP contribution in [0.5, 0.6) is 5.75 Å². The molecule has 0 aliphatic rings. The SMILES string of the molecule is CCC(=O)OCOP(=O)(OCOC(=O)CC)OCn1cc(CCN(C)C)c2cc(OC)ccc21. The highest BCUT2D eigenvalue weighted by Crippen LogP contribution is 2.50. The molecule has 0 bridgehead atoms. The molecule has 0 saturated heterocycles. The van der Waals surface area contributed by atoms with E-state index in [1.54, 1.807) is 25.5 Å². The Morgan fingerprint density at radius 2 is 1.62 bits per heavy atom. The maximum atomic E-state index is 13.1. The number of rotatable bonds is 15. The lowest BCUT2D eigenvalue weighted by Gasteiger charge is -2.18. The normalized spacial score (nSPS) is 11.7. The number of carbonyl (C=O) groups excluding carboxylic acids is 2. The molecule has 0 atom stereocenters. The summed E-state index contributed by atoms with van der Waals surface area (Å²) >= 11 is 0. The molecular weight excluding hydrogens is 467 g/mol. The monoisotopic (exact) mass is 500 g/mol. The molecule has 0 unspecified atom stereocenters. The lowest BCUT2D eigenvalue weighted by Crippen LogP contribution is -2.15. The highest BCUT2D eigenvalue weighted by atomic mass is 31.2. The van der Waals surface area contributed by atoms with Crippen LogP contribution in [-0.4, -0.2) is 62.7 Å². The number of esters is 2. The van der Waals surface area contributed by atoms with Gasteiger partial charge < -0.3 is 23.7 Å². The van der Waals surface area contributed by atoms with E-state index >= 15 is 0 Å². The van der Waals surface area contributed by atoms with Gasteiger partial charge in [0.1, 0.15) is 12.5 Å². The van der Waals surface area contributed by atoms with Gasteiger partial charge in [-0.1, -0.05) is 13.8 Å². The standard InChI is InChI=1S/C22H33N2O9P/c1-6-21(25)29-15-32-34(27,33-16-30-22(26)7-2)31-14-24-13-17(10-11-23(3)4)19-12-18(28-5)8-9-20(19)24/h8-9,12-13H,6-7,10-11,14-16H2,1-5H3. The van der Waals surface area contributed by atoms with Crippen LogP contribution in [0.25, 0.3) is 10.9 Å². The van der Waals surface area contributed by atoms with Crippen LogP contribution in [0.15, 0.2) is 24.4 Å². The van der Waals surface area contributed by atoms with Crippen LogP contribution in [0.4, 0.5) is 0 Å². The van der Waals surface area contributed by atoms with E-state index in [2.05, 4.69) is 4.90 Å². The molecule has 11 nitrogen and oxygen atoms in total. The summed E-state index contributed by atoms with van der Waals surface area (Å²) in [6.45, 7) is 2.59. The Hall–Kier alpha value is -2.43. The Morgan fingerprint density at radius 3 is 2.15 bits per heavy atom. The van der Waals surface area contributed by atoms with Crippen molar-refractivity contribution in [2.24, 2.45) is 0 Å². The minimum Gasteiger partial charge on any atom is -0.497 e. The average Bonchev–Trinajstić information content (AvgIpc) is 3.18. The van der Waals surface area contributed by atoms with Gasteiger partial charge in [0, 0.05) is 31.0 Å². The van der Waals surface area contributed by atoms with Gasteiger partial charge in [-0.25, -0.2) is 13.6 Å². The molecule has 0 amide bonds. The van der Waals surface area contributed by atoms with Crippen LogP contribution >= 0.6 is 7.82 Å². The number of benzene rings is 1. The molecule has 0 spiro atoms. The van der Waals surface area contributed by atoms with Gasteiger partial charge in [0.15, 0.2) is 0 Å². The van der Waals surface area contributed by atoms with Crippen molar-refractivity contribution in [1.29, 1.82) is 0 Å². The van der Waals surface area contributed by atoms with Crippen LogP contribution in [0.1, 0.15) is 32.3 Å². The fraction of sp³-hybridized carbons (Fsp3) is 0.545. The number of likely N-dealkylation sites (N-methyl/N-ethyl adjacent to an activating group) is 1. The van der Waals surface area contributed by atoms with Crippen LogP contribution in [0.2, 0.25) is 0 Å². The summed E-state index contributed by atoms with van der Waals surface area (Å²) in [6.07, 6.45) is 2.91. The molecule has 12 heteroatoms. The highest BCUT2D eigenvalue weighted by Gasteiger charge is 2.29. The minimum absolute atomic E-state index is 0.123. The third-order valence-corrected chi connectivity index (χ3v) is 6.07. The Bertz CT molecular complexity index is 980. The predicted molar refractivity (Wildman–Crippen MR) is 124 cm³/mol. The molecule has 2 aromatic rings. The largest absolute Gasteiger partial charge is 0.497 e. The number of methoxy groups -OCH3 is 1. The van der Waals surface area contributed by atoms with Gasteiger partial charge in [-0.2, -0.15) is 0 Å². The molecule has 0 fully saturated rings. The number of fused-ring (bicyclic) bond motifs is 1. The number of nitrogens with zero attached hydrogens (tertiary/aromatic N) is 2. The summed E-state index contributed by atoms with van der Waals surface area (Å²) in [5, 5.41) is 0.968. The number of phosphoric ester groups is 1. The molecular formula is C22H33N2O9P. The zero-order valence-corrected chi connectivity index (χ0v) is 21.2. The minimum atomic E-state index is -4.24. The summed E-state index contributed by atoms with van der Waals surface area (Å²) in [4.78, 5) is 24.8. The summed E-state index contributed by atoms with van der Waals surface area (Å²) in [6, 6.07) is 5.61. The zero-order valence-electron chi connectivity index (χ0n) is 20.3. The Labute approximate surface area is 199 Å². The van der Waals surface area contributed by atoms with Crippen molar-refractivity contribution in [3.63, 3.8) is 0 Å². The van der Waals surface area contributed by atoms with E-state index < -0.39 is 33.3 Å². The first-order chi connectivity index (χ1) is 16.2. The number of hydrogen-bond donors (Lipinski definition) is 0. The van der Waals surface area contributed by atoms with Crippen molar-refractivity contribution < 1.29 is 41.9 Å². The van der Waals surface area contributed by atoms with Gasteiger partial charge in [-0.05, 0) is 44.3 Å². The fourth-order valence-corrected chi connectivity index (χ4v) is 3.74. The van der Waals surface area contributed by atoms with Crippen LogP contribution in [-0.2, 0) is 50.4 Å². The van der Waals surface area contributed by atoms with Crippen molar-refractivity contribution in [2.45, 2.75) is 39.8 Å². The lowest BCUT2D eigenvalue weighted by molar-refractivity contribution is -0.153. The van der Waals surface area contributed by atoms with Crippen LogP contribution < -0.4 is 4.74 Å². The van der Waals surface area contributed by atoms with Gasteiger partial charge in [0.2, 0.25) is 13.6 Å². The van der Waals surface area contributed by atoms with Gasteiger partial charge in [0.05, 0.1) is 12.6 Å². The smallest absolute Gasteiger partial charge is 0.482 e. The maximum Gasteiger partial charge on any atom is 0.482 e. The second kappa shape index (κ2) is 13.5. The topological polar surface area (TPSA) is 115 Å². The number of aromatic nitrogens is 1. The number of ether oxygens (including phenoxy) is 3. The van der Waals surface area contributed by atoms with E-state index in [-0.39, 0.29) is 19.6 Å². The molecule has 1 heterocycles. The highest BCUT2D eigenvalue weighted by molar-refractivity contribution is 7.48. The second-order valence-electron chi connectivity index (χ2n) is 7.50. The third-order valence-electron chi connectivity index (χ3n) is 4.79. The molecule has 0 aliphatic heterocycles. The van der Waals surface area contributed by atoms with E-state index in [0.717, 1.165) is 29.4 Å². The second-order valence-corrected chi connectivity index (χ2v) is 9.17. The number of hydrogen-bond acceptors (Lipinski definition) is 10. The summed E-state index contributed by atoms with van der Waals surface area (Å²) in [7, 11) is 1.34. The third kappa shape index (κ3) is 8.41. The summed E-state index contributed by atoms with van der Waals surface area (Å²) < 4.78 is 45.6.